The zero-order chi connectivity index (χ0) is 15.2. The summed E-state index contributed by atoms with van der Waals surface area (Å²) in [6.07, 6.45) is 0. The van der Waals surface area contributed by atoms with Gasteiger partial charge < -0.3 is 20.8 Å². The molecule has 0 bridgehead atoms. The van der Waals surface area contributed by atoms with E-state index in [1.165, 1.54) is 18.2 Å². The fourth-order valence-corrected chi connectivity index (χ4v) is 1.57. The number of pyridine rings is 1. The minimum absolute atomic E-state index is 0.163. The standard InChI is InChI=1S/C14H13N3O4/c15-12(18)8-21-10-6-4-9(5-7-10)16-14(20)11-2-1-3-13(19)17-11/h1-7H,8H2,(H2,15,18)(H,16,20)(H,17,19). The van der Waals surface area contributed by atoms with Gasteiger partial charge in [0.2, 0.25) is 5.56 Å². The van der Waals surface area contributed by atoms with Gasteiger partial charge in [0.05, 0.1) is 0 Å². The molecule has 0 aliphatic rings. The summed E-state index contributed by atoms with van der Waals surface area (Å²) in [5.74, 6) is -0.543. The highest BCUT2D eigenvalue weighted by Crippen LogP contribution is 2.16. The maximum Gasteiger partial charge on any atom is 0.272 e. The lowest BCUT2D eigenvalue weighted by molar-refractivity contribution is -0.119. The van der Waals surface area contributed by atoms with Crippen LogP contribution in [0.3, 0.4) is 0 Å². The number of carbonyl (C=O) groups excluding carboxylic acids is 2. The Kier molecular flexibility index (Phi) is 4.35. The molecule has 21 heavy (non-hydrogen) atoms. The third kappa shape index (κ3) is 4.20. The first-order valence-corrected chi connectivity index (χ1v) is 6.06. The molecule has 1 aromatic heterocycles. The van der Waals surface area contributed by atoms with Crippen LogP contribution in [0.4, 0.5) is 5.69 Å². The highest BCUT2D eigenvalue weighted by molar-refractivity contribution is 6.02. The van der Waals surface area contributed by atoms with Gasteiger partial charge in [-0.05, 0) is 30.3 Å². The first kappa shape index (κ1) is 14.3. The van der Waals surface area contributed by atoms with E-state index in [0.717, 1.165) is 0 Å². The summed E-state index contributed by atoms with van der Waals surface area (Å²) in [7, 11) is 0. The molecule has 0 atom stereocenters. The fraction of sp³-hybridized carbons (Fsp3) is 0.0714. The Balaban J connectivity index is 2.01. The Hall–Kier alpha value is -3.09. The van der Waals surface area contributed by atoms with Crippen LogP contribution in [0, 0.1) is 0 Å². The van der Waals surface area contributed by atoms with E-state index in [4.69, 9.17) is 10.5 Å². The number of primary amides is 1. The average Bonchev–Trinajstić information content (AvgIpc) is 2.46. The second-order valence-corrected chi connectivity index (χ2v) is 4.16. The summed E-state index contributed by atoms with van der Waals surface area (Å²) in [6.45, 7) is -0.211. The largest absolute Gasteiger partial charge is 0.484 e. The molecule has 2 rings (SSSR count). The van der Waals surface area contributed by atoms with Gasteiger partial charge in [-0.3, -0.25) is 14.4 Å². The number of anilines is 1. The van der Waals surface area contributed by atoms with E-state index in [1.807, 2.05) is 0 Å². The van der Waals surface area contributed by atoms with Crippen molar-refractivity contribution < 1.29 is 14.3 Å². The lowest BCUT2D eigenvalue weighted by Crippen LogP contribution is -2.20. The normalized spacial score (nSPS) is 9.90. The van der Waals surface area contributed by atoms with Crippen LogP contribution in [-0.4, -0.2) is 23.4 Å². The molecule has 7 heteroatoms. The van der Waals surface area contributed by atoms with Crippen molar-refractivity contribution in [1.29, 1.82) is 0 Å². The van der Waals surface area contributed by atoms with Crippen LogP contribution < -0.4 is 21.3 Å². The second kappa shape index (κ2) is 6.38. The molecule has 2 aromatic rings. The molecule has 0 aliphatic carbocycles. The van der Waals surface area contributed by atoms with Gasteiger partial charge in [-0.1, -0.05) is 6.07 Å². The minimum atomic E-state index is -0.569. The van der Waals surface area contributed by atoms with Gasteiger partial charge in [-0.15, -0.1) is 0 Å². The summed E-state index contributed by atoms with van der Waals surface area (Å²) in [5, 5.41) is 2.62. The van der Waals surface area contributed by atoms with E-state index < -0.39 is 11.8 Å². The first-order valence-electron chi connectivity index (χ1n) is 6.06. The maximum atomic E-state index is 11.9. The van der Waals surface area contributed by atoms with Gasteiger partial charge >= 0.3 is 0 Å². The van der Waals surface area contributed by atoms with Crippen LogP contribution in [0.1, 0.15) is 10.5 Å². The molecule has 0 saturated carbocycles. The van der Waals surface area contributed by atoms with Gasteiger partial charge in [0.15, 0.2) is 6.61 Å². The number of nitrogens with one attached hydrogen (secondary N) is 2. The molecule has 108 valence electrons. The zero-order valence-corrected chi connectivity index (χ0v) is 11.0. The van der Waals surface area contributed by atoms with Gasteiger partial charge in [0.1, 0.15) is 11.4 Å². The van der Waals surface area contributed by atoms with Crippen molar-refractivity contribution in [1.82, 2.24) is 4.98 Å². The number of benzene rings is 1. The molecule has 1 heterocycles. The van der Waals surface area contributed by atoms with Crippen molar-refractivity contribution in [3.05, 3.63) is 58.5 Å². The Bertz CT molecular complexity index is 707. The number of amides is 2. The number of aromatic amines is 1. The zero-order valence-electron chi connectivity index (χ0n) is 11.0. The Morgan fingerprint density at radius 2 is 1.86 bits per heavy atom. The molecular formula is C14H13N3O4. The van der Waals surface area contributed by atoms with Crippen molar-refractivity contribution in [2.75, 3.05) is 11.9 Å². The third-order valence-electron chi connectivity index (χ3n) is 2.51. The molecule has 0 aliphatic heterocycles. The second-order valence-electron chi connectivity index (χ2n) is 4.16. The third-order valence-corrected chi connectivity index (χ3v) is 2.51. The van der Waals surface area contributed by atoms with E-state index in [-0.39, 0.29) is 17.9 Å². The first-order chi connectivity index (χ1) is 10.0. The van der Waals surface area contributed by atoms with Crippen LogP contribution in [0.25, 0.3) is 0 Å². The van der Waals surface area contributed by atoms with Crippen molar-refractivity contribution in [2.45, 2.75) is 0 Å². The summed E-state index contributed by atoms with van der Waals surface area (Å²) in [5.41, 5.74) is 5.30. The highest BCUT2D eigenvalue weighted by Gasteiger charge is 2.06. The number of carbonyl (C=O) groups is 2. The van der Waals surface area contributed by atoms with E-state index in [9.17, 15) is 14.4 Å². The number of H-pyrrole nitrogens is 1. The van der Waals surface area contributed by atoms with Crippen LogP contribution in [0.5, 0.6) is 5.75 Å². The SMILES string of the molecule is NC(=O)COc1ccc(NC(=O)c2cccc(=O)[nH]2)cc1. The van der Waals surface area contributed by atoms with E-state index in [2.05, 4.69) is 10.3 Å². The van der Waals surface area contributed by atoms with Crippen molar-refractivity contribution >= 4 is 17.5 Å². The van der Waals surface area contributed by atoms with Crippen molar-refractivity contribution in [3.8, 4) is 5.75 Å². The van der Waals surface area contributed by atoms with Crippen molar-refractivity contribution in [3.63, 3.8) is 0 Å². The van der Waals surface area contributed by atoms with E-state index >= 15 is 0 Å². The molecule has 0 saturated heterocycles. The summed E-state index contributed by atoms with van der Waals surface area (Å²) in [6, 6.07) is 10.7. The molecule has 7 nitrogen and oxygen atoms in total. The smallest absolute Gasteiger partial charge is 0.272 e. The molecule has 0 unspecified atom stereocenters. The Labute approximate surface area is 119 Å². The molecule has 0 fully saturated rings. The summed E-state index contributed by atoms with van der Waals surface area (Å²) < 4.78 is 5.09. The lowest BCUT2D eigenvalue weighted by atomic mass is 10.3. The predicted octanol–water partition coefficient (Wildman–Crippen LogP) is 0.491. The molecular weight excluding hydrogens is 274 g/mol. The number of ether oxygens (including phenoxy) is 1. The average molecular weight is 287 g/mol. The fourth-order valence-electron chi connectivity index (χ4n) is 1.57. The Morgan fingerprint density at radius 3 is 2.48 bits per heavy atom. The van der Waals surface area contributed by atoms with Gasteiger partial charge in [0, 0.05) is 11.8 Å². The summed E-state index contributed by atoms with van der Waals surface area (Å²) >= 11 is 0. The van der Waals surface area contributed by atoms with Crippen LogP contribution in [0.15, 0.2) is 47.3 Å². The van der Waals surface area contributed by atoms with Gasteiger partial charge in [-0.25, -0.2) is 0 Å². The van der Waals surface area contributed by atoms with Crippen LogP contribution in [-0.2, 0) is 4.79 Å². The van der Waals surface area contributed by atoms with Crippen LogP contribution >= 0.6 is 0 Å². The minimum Gasteiger partial charge on any atom is -0.484 e. The quantitative estimate of drug-likeness (QED) is 0.742. The predicted molar refractivity (Wildman–Crippen MR) is 76.1 cm³/mol. The molecule has 0 radical (unpaired) electrons. The molecule has 1 aromatic carbocycles. The Morgan fingerprint density at radius 1 is 1.14 bits per heavy atom. The highest BCUT2D eigenvalue weighted by atomic mass is 16.5. The number of aromatic nitrogens is 1. The van der Waals surface area contributed by atoms with Crippen LogP contribution in [0.2, 0.25) is 0 Å². The topological polar surface area (TPSA) is 114 Å². The number of rotatable bonds is 5. The molecule has 0 spiro atoms. The van der Waals surface area contributed by atoms with Gasteiger partial charge in [0.25, 0.3) is 11.8 Å². The monoisotopic (exact) mass is 287 g/mol. The van der Waals surface area contributed by atoms with E-state index in [1.54, 1.807) is 24.3 Å². The molecule has 4 N–H and O–H groups in total. The number of hydrogen-bond acceptors (Lipinski definition) is 4. The van der Waals surface area contributed by atoms with Gasteiger partial charge in [-0.2, -0.15) is 0 Å². The summed E-state index contributed by atoms with van der Waals surface area (Å²) in [4.78, 5) is 36.0. The maximum absolute atomic E-state index is 11.9. The number of hydrogen-bond donors (Lipinski definition) is 3. The number of nitrogens with two attached hydrogens (primary N) is 1. The van der Waals surface area contributed by atoms with Crippen molar-refractivity contribution in [2.24, 2.45) is 5.73 Å². The van der Waals surface area contributed by atoms with E-state index in [0.29, 0.717) is 11.4 Å². The molecule has 2 amide bonds. The lowest BCUT2D eigenvalue weighted by Gasteiger charge is -2.07.